The van der Waals surface area contributed by atoms with Gasteiger partial charge in [0.2, 0.25) is 0 Å². The quantitative estimate of drug-likeness (QED) is 0.0322. The molecule has 0 fully saturated rings. The molecular weight excluding hydrogens is 1000 g/mol. The Labute approximate surface area is 465 Å². The van der Waals surface area contributed by atoms with Gasteiger partial charge in [0.15, 0.2) is 0 Å². The number of furan rings is 2. The number of aromatic nitrogens is 4. The van der Waals surface area contributed by atoms with Crippen LogP contribution in [0.3, 0.4) is 0 Å². The van der Waals surface area contributed by atoms with Gasteiger partial charge < -0.3 is 8.83 Å². The lowest BCUT2D eigenvalue weighted by atomic mass is 9.90. The summed E-state index contributed by atoms with van der Waals surface area (Å²) in [6.07, 6.45) is 27.7. The molecule has 0 saturated heterocycles. The molecule has 0 radical (unpaired) electrons. The van der Waals surface area contributed by atoms with Gasteiger partial charge in [0.25, 0.3) is 0 Å². The van der Waals surface area contributed by atoms with Gasteiger partial charge in [-0.2, -0.15) is 8.75 Å². The molecule has 0 N–H and O–H groups in total. The molecule has 6 nitrogen and oxygen atoms in total. The van der Waals surface area contributed by atoms with Crippen molar-refractivity contribution in [3.63, 3.8) is 0 Å². The number of hydrogen-bond donors (Lipinski definition) is 0. The van der Waals surface area contributed by atoms with E-state index in [1.54, 1.807) is 11.3 Å². The second-order valence-corrected chi connectivity index (χ2v) is 24.4. The molecule has 1 atom stereocenters. The Hall–Kier alpha value is -6.00. The fraction of sp³-hybridized carbons (Fsp3) is 0.382. The van der Waals surface area contributed by atoms with Crippen LogP contribution in [0.5, 0.6) is 0 Å². The van der Waals surface area contributed by atoms with Gasteiger partial charge in [-0.15, -0.1) is 22.7 Å². The number of rotatable bonds is 25. The molecule has 6 heterocycles. The van der Waals surface area contributed by atoms with E-state index in [0.717, 1.165) is 125 Å². The SMILES string of the molecule is CCCCCCCCCc1coc2c1ccc1c2ccc2c(CCCCCCCCC)c(-c3sc(-c4c5nsnc5c(-c5cccs5)c5nc6c7ccccc7c7ccccc7c6nc45)cc3CC(CC)CCCC)oc21. The van der Waals surface area contributed by atoms with Crippen LogP contribution in [0.1, 0.15) is 160 Å². The first kappa shape index (κ1) is 51.7. The summed E-state index contributed by atoms with van der Waals surface area (Å²) in [7, 11) is 0. The van der Waals surface area contributed by atoms with Gasteiger partial charge in [-0.1, -0.05) is 197 Å². The van der Waals surface area contributed by atoms with Crippen LogP contribution in [0.4, 0.5) is 0 Å². The first-order valence-corrected chi connectivity index (χ1v) is 31.7. The van der Waals surface area contributed by atoms with E-state index in [1.807, 2.05) is 17.6 Å². The second kappa shape index (κ2) is 23.5. The Balaban J connectivity index is 1.05. The van der Waals surface area contributed by atoms with Crippen molar-refractivity contribution in [2.75, 3.05) is 0 Å². The molecule has 394 valence electrons. The average Bonchev–Trinajstić information content (AvgIpc) is 4.48. The molecule has 12 rings (SSSR count). The molecule has 0 aliphatic rings. The molecule has 12 aromatic rings. The van der Waals surface area contributed by atoms with E-state index in [2.05, 4.69) is 124 Å². The monoisotopic (exact) mass is 1070 g/mol. The molecule has 9 heteroatoms. The molecule has 0 saturated carbocycles. The fourth-order valence-corrected chi connectivity index (χ4v) is 15.1. The molecule has 0 amide bonds. The molecule has 0 aliphatic carbocycles. The minimum atomic E-state index is 0.540. The maximum Gasteiger partial charge on any atom is 0.148 e. The Kier molecular flexibility index (Phi) is 15.8. The summed E-state index contributed by atoms with van der Waals surface area (Å²) in [5.41, 5.74) is 13.3. The lowest BCUT2D eigenvalue weighted by molar-refractivity contribution is 0.449. The standard InChI is InChI=1S/C68H72N4O2S3/c1-5-9-12-14-16-18-20-28-44-42-73-65-46(44)35-36-54-52(65)37-38-53-51(33-21-19-17-15-13-10-6-2)67(74-66(53)54)68-45(40-43(8-4)27-11-7-3)41-56(76-68)58-62-61(57(55-34-26-39-75-55)63-64(58)72-77-71-63)69-59-49-31-24-22-29-47(49)48-30-23-25-32-50(48)60(59)70-62/h22-26,29-32,34-39,41-43H,5-21,27-28,33,40H2,1-4H3. The van der Waals surface area contributed by atoms with E-state index >= 15 is 0 Å². The van der Waals surface area contributed by atoms with E-state index in [4.69, 9.17) is 27.5 Å². The molecule has 6 aromatic heterocycles. The van der Waals surface area contributed by atoms with Crippen molar-refractivity contribution in [2.45, 2.75) is 163 Å². The van der Waals surface area contributed by atoms with E-state index in [9.17, 15) is 0 Å². The van der Waals surface area contributed by atoms with Crippen molar-refractivity contribution in [1.29, 1.82) is 0 Å². The number of fused-ring (bicyclic) bond motifs is 13. The number of benzene rings is 6. The van der Waals surface area contributed by atoms with Crippen LogP contribution in [0, 0.1) is 5.92 Å². The lowest BCUT2D eigenvalue weighted by Gasteiger charge is -2.15. The third kappa shape index (κ3) is 9.99. The van der Waals surface area contributed by atoms with Crippen molar-refractivity contribution in [3.05, 3.63) is 119 Å². The molecular formula is C68H72N4O2S3. The highest BCUT2D eigenvalue weighted by atomic mass is 32.1. The number of nitrogens with zero attached hydrogens (tertiary/aromatic N) is 4. The maximum atomic E-state index is 7.56. The highest BCUT2D eigenvalue weighted by Crippen LogP contribution is 2.51. The fourth-order valence-electron chi connectivity index (χ4n) is 12.5. The maximum absolute atomic E-state index is 7.56. The zero-order chi connectivity index (χ0) is 52.2. The predicted octanol–water partition coefficient (Wildman–Crippen LogP) is 22.2. The largest absolute Gasteiger partial charge is 0.463 e. The molecule has 0 bridgehead atoms. The van der Waals surface area contributed by atoms with Gasteiger partial charge in [0.1, 0.15) is 39.0 Å². The average molecular weight is 1070 g/mol. The van der Waals surface area contributed by atoms with Crippen LogP contribution in [0.15, 0.2) is 111 Å². The van der Waals surface area contributed by atoms with E-state index < -0.39 is 0 Å². The summed E-state index contributed by atoms with van der Waals surface area (Å²) in [5.74, 6) is 1.56. The van der Waals surface area contributed by atoms with Crippen molar-refractivity contribution >= 4 is 122 Å². The number of hydrogen-bond acceptors (Lipinski definition) is 9. The number of aryl methyl sites for hydroxylation is 2. The Morgan fingerprint density at radius 3 is 1.68 bits per heavy atom. The smallest absolute Gasteiger partial charge is 0.148 e. The number of thiophene rings is 2. The Bertz CT molecular complexity index is 4010. The second-order valence-electron chi connectivity index (χ2n) is 21.9. The van der Waals surface area contributed by atoms with E-state index in [0.29, 0.717) is 5.92 Å². The van der Waals surface area contributed by atoms with Crippen LogP contribution in [0.25, 0.3) is 119 Å². The van der Waals surface area contributed by atoms with Crippen LogP contribution in [0.2, 0.25) is 0 Å². The third-order valence-corrected chi connectivity index (χ3v) is 19.3. The van der Waals surface area contributed by atoms with Gasteiger partial charge in [-0.05, 0) is 89.6 Å². The summed E-state index contributed by atoms with van der Waals surface area (Å²) in [6.45, 7) is 9.28. The molecule has 0 spiro atoms. The summed E-state index contributed by atoms with van der Waals surface area (Å²) < 4.78 is 24.4. The van der Waals surface area contributed by atoms with E-state index in [-0.39, 0.29) is 0 Å². The Morgan fingerprint density at radius 2 is 1.05 bits per heavy atom. The summed E-state index contributed by atoms with van der Waals surface area (Å²) in [4.78, 5) is 15.1. The van der Waals surface area contributed by atoms with Gasteiger partial charge >= 0.3 is 0 Å². The van der Waals surface area contributed by atoms with Gasteiger partial charge in [0.05, 0.1) is 33.9 Å². The van der Waals surface area contributed by atoms with Gasteiger partial charge in [-0.3, -0.25) is 0 Å². The van der Waals surface area contributed by atoms with Crippen LogP contribution >= 0.6 is 34.4 Å². The highest BCUT2D eigenvalue weighted by Gasteiger charge is 2.29. The van der Waals surface area contributed by atoms with Crippen molar-refractivity contribution in [3.8, 4) is 31.5 Å². The van der Waals surface area contributed by atoms with E-state index in [1.165, 1.54) is 158 Å². The van der Waals surface area contributed by atoms with Gasteiger partial charge in [0, 0.05) is 58.8 Å². The summed E-state index contributed by atoms with van der Waals surface area (Å²) in [5, 5.41) is 11.4. The highest BCUT2D eigenvalue weighted by molar-refractivity contribution is 7.19. The first-order valence-electron chi connectivity index (χ1n) is 29.3. The minimum Gasteiger partial charge on any atom is -0.463 e. The normalized spacial score (nSPS) is 12.7. The van der Waals surface area contributed by atoms with Crippen molar-refractivity contribution in [2.24, 2.45) is 5.92 Å². The van der Waals surface area contributed by atoms with Crippen molar-refractivity contribution in [1.82, 2.24) is 18.7 Å². The van der Waals surface area contributed by atoms with Crippen molar-refractivity contribution < 1.29 is 8.83 Å². The lowest BCUT2D eigenvalue weighted by Crippen LogP contribution is -2.03. The molecule has 77 heavy (non-hydrogen) atoms. The van der Waals surface area contributed by atoms with Gasteiger partial charge in [-0.25, -0.2) is 9.97 Å². The summed E-state index contributed by atoms with van der Waals surface area (Å²) in [6, 6.07) is 33.4. The molecule has 1 unspecified atom stereocenters. The summed E-state index contributed by atoms with van der Waals surface area (Å²) >= 11 is 4.86. The topological polar surface area (TPSA) is 77.8 Å². The minimum absolute atomic E-state index is 0.540. The first-order chi connectivity index (χ1) is 38.1. The van der Waals surface area contributed by atoms with Crippen LogP contribution < -0.4 is 0 Å². The molecule has 0 aliphatic heterocycles. The molecule has 6 aromatic carbocycles. The Morgan fingerprint density at radius 1 is 0.481 bits per heavy atom. The number of unbranched alkanes of at least 4 members (excludes halogenated alkanes) is 13. The predicted molar refractivity (Wildman–Crippen MR) is 333 cm³/mol. The van der Waals surface area contributed by atoms with Crippen LogP contribution in [-0.2, 0) is 19.3 Å². The van der Waals surface area contributed by atoms with Crippen LogP contribution in [-0.4, -0.2) is 18.7 Å². The zero-order valence-corrected chi connectivity index (χ0v) is 48.0. The zero-order valence-electron chi connectivity index (χ0n) is 45.6. The third-order valence-electron chi connectivity index (χ3n) is 16.7.